The molecule has 0 N–H and O–H groups in total. The van der Waals surface area contributed by atoms with Gasteiger partial charge in [0.25, 0.3) is 0 Å². The maximum absolute atomic E-state index is 6.16. The van der Waals surface area contributed by atoms with E-state index in [9.17, 15) is 0 Å². The van der Waals surface area contributed by atoms with Crippen LogP contribution in [-0.2, 0) is 9.31 Å². The molecule has 1 aliphatic carbocycles. The van der Waals surface area contributed by atoms with Gasteiger partial charge in [-0.05, 0) is 58.1 Å². The minimum absolute atomic E-state index is 0.330. The van der Waals surface area contributed by atoms with Crippen LogP contribution < -0.4 is 15.1 Å². The predicted octanol–water partition coefficient (Wildman–Crippen LogP) is 2.59. The first kappa shape index (κ1) is 15.7. The Kier molecular flexibility index (Phi) is 3.69. The molecule has 120 valence electrons. The number of ether oxygens (including phenoxy) is 1. The molecule has 1 aromatic carbocycles. The van der Waals surface area contributed by atoms with E-state index in [-0.39, 0.29) is 18.3 Å². The molecule has 0 unspecified atom stereocenters. The summed E-state index contributed by atoms with van der Waals surface area (Å²) < 4.78 is 18.3. The Labute approximate surface area is 133 Å². The second-order valence-electron chi connectivity index (χ2n) is 7.56. The minimum atomic E-state index is -0.355. The van der Waals surface area contributed by atoms with Gasteiger partial charge in [0.1, 0.15) is 5.75 Å². The van der Waals surface area contributed by atoms with Crippen LogP contribution in [0.4, 0.5) is 5.69 Å². The smallest absolute Gasteiger partial charge is 0.490 e. The van der Waals surface area contributed by atoms with Crippen LogP contribution in [0.5, 0.6) is 5.75 Å². The lowest BCUT2D eigenvalue weighted by molar-refractivity contribution is 0.00578. The lowest BCUT2D eigenvalue weighted by atomic mass is 9.78. The zero-order chi connectivity index (χ0) is 16.1. The molecule has 1 heterocycles. The average molecular weight is 303 g/mol. The van der Waals surface area contributed by atoms with Gasteiger partial charge in [-0.2, -0.15) is 0 Å². The van der Waals surface area contributed by atoms with E-state index in [0.29, 0.717) is 6.10 Å². The molecule has 0 aromatic heterocycles. The summed E-state index contributed by atoms with van der Waals surface area (Å²) >= 11 is 0. The summed E-state index contributed by atoms with van der Waals surface area (Å²) in [6.45, 7) is 8.30. The van der Waals surface area contributed by atoms with Gasteiger partial charge >= 0.3 is 7.12 Å². The van der Waals surface area contributed by atoms with E-state index in [1.165, 1.54) is 0 Å². The number of hydrogen-bond acceptors (Lipinski definition) is 4. The van der Waals surface area contributed by atoms with Gasteiger partial charge in [0.15, 0.2) is 0 Å². The molecule has 3 rings (SSSR count). The fourth-order valence-corrected chi connectivity index (χ4v) is 2.43. The zero-order valence-electron chi connectivity index (χ0n) is 14.5. The molecule has 1 saturated heterocycles. The van der Waals surface area contributed by atoms with E-state index in [1.807, 2.05) is 20.2 Å². The van der Waals surface area contributed by atoms with Crippen LogP contribution >= 0.6 is 0 Å². The minimum Gasteiger partial charge on any atom is -0.490 e. The van der Waals surface area contributed by atoms with Crippen LogP contribution in [0.15, 0.2) is 18.2 Å². The van der Waals surface area contributed by atoms with Crippen molar-refractivity contribution in [1.82, 2.24) is 0 Å². The van der Waals surface area contributed by atoms with Crippen molar-refractivity contribution >= 4 is 18.3 Å². The molecule has 5 heteroatoms. The molecule has 2 fully saturated rings. The summed E-state index contributed by atoms with van der Waals surface area (Å²) in [5.74, 6) is 0.901. The summed E-state index contributed by atoms with van der Waals surface area (Å²) in [5, 5.41) is 0. The van der Waals surface area contributed by atoms with Gasteiger partial charge in [-0.1, -0.05) is 0 Å². The summed E-state index contributed by atoms with van der Waals surface area (Å²) in [4.78, 5) is 2.08. The fraction of sp³-hybridized carbons (Fsp3) is 0.647. The van der Waals surface area contributed by atoms with Crippen molar-refractivity contribution in [3.8, 4) is 5.75 Å². The van der Waals surface area contributed by atoms with Crippen LogP contribution in [0, 0.1) is 0 Å². The first-order chi connectivity index (χ1) is 10.2. The van der Waals surface area contributed by atoms with Crippen molar-refractivity contribution in [2.75, 3.05) is 19.0 Å². The second kappa shape index (κ2) is 5.17. The highest BCUT2D eigenvalue weighted by molar-refractivity contribution is 6.62. The van der Waals surface area contributed by atoms with Crippen molar-refractivity contribution in [3.05, 3.63) is 18.2 Å². The first-order valence-electron chi connectivity index (χ1n) is 8.02. The standard InChI is InChI=1S/C17H26BNO3/c1-16(2)17(3,4)22-18(21-16)12-9-13(19(5)6)11-15(10-12)20-14-7-8-14/h9-11,14H,7-8H2,1-6H3. The van der Waals surface area contributed by atoms with E-state index in [1.54, 1.807) is 0 Å². The average Bonchev–Trinajstić information content (AvgIpc) is 3.16. The molecule has 0 amide bonds. The third kappa shape index (κ3) is 2.97. The predicted molar refractivity (Wildman–Crippen MR) is 90.1 cm³/mol. The van der Waals surface area contributed by atoms with Crippen molar-refractivity contribution < 1.29 is 14.0 Å². The molecule has 22 heavy (non-hydrogen) atoms. The molecular formula is C17H26BNO3. The largest absolute Gasteiger partial charge is 0.495 e. The van der Waals surface area contributed by atoms with Gasteiger partial charge in [0.2, 0.25) is 0 Å². The van der Waals surface area contributed by atoms with Crippen LogP contribution in [0.3, 0.4) is 0 Å². The molecule has 0 bridgehead atoms. The molecule has 1 aromatic rings. The van der Waals surface area contributed by atoms with Gasteiger partial charge in [0.05, 0.1) is 17.3 Å². The van der Waals surface area contributed by atoms with Gasteiger partial charge in [-0.15, -0.1) is 0 Å². The third-order valence-electron chi connectivity index (χ3n) is 4.78. The normalized spacial score (nSPS) is 22.7. The molecule has 2 aliphatic rings. The Morgan fingerprint density at radius 2 is 1.64 bits per heavy atom. The maximum atomic E-state index is 6.16. The summed E-state index contributed by atoms with van der Waals surface area (Å²) in [7, 11) is 3.71. The Hall–Kier alpha value is -1.20. The molecule has 0 radical (unpaired) electrons. The zero-order valence-corrected chi connectivity index (χ0v) is 14.5. The topological polar surface area (TPSA) is 30.9 Å². The second-order valence-corrected chi connectivity index (χ2v) is 7.56. The number of anilines is 1. The Morgan fingerprint density at radius 3 is 2.14 bits per heavy atom. The highest BCUT2D eigenvalue weighted by Crippen LogP contribution is 2.37. The third-order valence-corrected chi connectivity index (χ3v) is 4.78. The maximum Gasteiger partial charge on any atom is 0.495 e. The number of rotatable bonds is 4. The molecule has 0 atom stereocenters. The number of benzene rings is 1. The van der Waals surface area contributed by atoms with E-state index in [2.05, 4.69) is 44.7 Å². The monoisotopic (exact) mass is 303 g/mol. The van der Waals surface area contributed by atoms with Crippen molar-refractivity contribution in [3.63, 3.8) is 0 Å². The highest BCUT2D eigenvalue weighted by Gasteiger charge is 2.51. The summed E-state index contributed by atoms with van der Waals surface area (Å²) in [6, 6.07) is 6.24. The van der Waals surface area contributed by atoms with Crippen molar-refractivity contribution in [1.29, 1.82) is 0 Å². The molecule has 1 saturated carbocycles. The van der Waals surface area contributed by atoms with Crippen molar-refractivity contribution in [2.45, 2.75) is 57.8 Å². The van der Waals surface area contributed by atoms with Crippen LogP contribution in [-0.4, -0.2) is 38.5 Å². The van der Waals surface area contributed by atoms with Crippen LogP contribution in [0.25, 0.3) is 0 Å². The summed E-state index contributed by atoms with van der Waals surface area (Å²) in [5.41, 5.74) is 1.45. The number of nitrogens with zero attached hydrogens (tertiary/aromatic N) is 1. The van der Waals surface area contributed by atoms with Gasteiger partial charge in [-0.3, -0.25) is 0 Å². The number of hydrogen-bond donors (Lipinski definition) is 0. The van der Waals surface area contributed by atoms with Crippen LogP contribution in [0.1, 0.15) is 40.5 Å². The quantitative estimate of drug-likeness (QED) is 0.800. The Bertz CT molecular complexity index is 551. The Balaban J connectivity index is 1.90. The van der Waals surface area contributed by atoms with E-state index in [0.717, 1.165) is 29.7 Å². The van der Waals surface area contributed by atoms with Crippen LogP contribution in [0.2, 0.25) is 0 Å². The highest BCUT2D eigenvalue weighted by atomic mass is 16.7. The fourth-order valence-electron chi connectivity index (χ4n) is 2.43. The lowest BCUT2D eigenvalue weighted by Gasteiger charge is -2.32. The molecule has 0 spiro atoms. The van der Waals surface area contributed by atoms with E-state index < -0.39 is 0 Å². The SMILES string of the molecule is CN(C)c1cc(OC2CC2)cc(B2OC(C)(C)C(C)(C)O2)c1. The first-order valence-corrected chi connectivity index (χ1v) is 8.02. The Morgan fingerprint density at radius 1 is 1.05 bits per heavy atom. The van der Waals surface area contributed by atoms with Crippen molar-refractivity contribution in [2.24, 2.45) is 0 Å². The van der Waals surface area contributed by atoms with Gasteiger partial charge in [-0.25, -0.2) is 0 Å². The molecule has 1 aliphatic heterocycles. The lowest BCUT2D eigenvalue weighted by Crippen LogP contribution is -2.41. The van der Waals surface area contributed by atoms with E-state index >= 15 is 0 Å². The molecular weight excluding hydrogens is 277 g/mol. The molecule has 4 nitrogen and oxygen atoms in total. The van der Waals surface area contributed by atoms with E-state index in [4.69, 9.17) is 14.0 Å². The summed E-state index contributed by atoms with van der Waals surface area (Å²) in [6.07, 6.45) is 2.68. The van der Waals surface area contributed by atoms with Gasteiger partial charge < -0.3 is 18.9 Å². The van der Waals surface area contributed by atoms with Gasteiger partial charge in [0, 0.05) is 25.8 Å².